The van der Waals surface area contributed by atoms with Crippen LogP contribution in [0.25, 0.3) is 0 Å². The Labute approximate surface area is 57.0 Å². The zero-order chi connectivity index (χ0) is 6.27. The highest BCUT2D eigenvalue weighted by molar-refractivity contribution is 5.29. The SMILES string of the molecule is CCC1CC2=C(CC2)C1. The maximum absolute atomic E-state index is 2.32. The van der Waals surface area contributed by atoms with Crippen LogP contribution in [0.1, 0.15) is 39.0 Å². The minimum absolute atomic E-state index is 1.04. The summed E-state index contributed by atoms with van der Waals surface area (Å²) in [5, 5.41) is 0. The van der Waals surface area contributed by atoms with E-state index in [1.807, 2.05) is 11.1 Å². The van der Waals surface area contributed by atoms with Crippen molar-refractivity contribution in [3.63, 3.8) is 0 Å². The van der Waals surface area contributed by atoms with E-state index < -0.39 is 0 Å². The van der Waals surface area contributed by atoms with Crippen LogP contribution >= 0.6 is 0 Å². The van der Waals surface area contributed by atoms with Crippen LogP contribution in [0.3, 0.4) is 0 Å². The van der Waals surface area contributed by atoms with Gasteiger partial charge in [-0.3, -0.25) is 0 Å². The predicted molar refractivity (Wildman–Crippen MR) is 39.3 cm³/mol. The van der Waals surface area contributed by atoms with E-state index in [2.05, 4.69) is 6.92 Å². The quantitative estimate of drug-likeness (QED) is 0.469. The molecule has 0 aromatic rings. The summed E-state index contributed by atoms with van der Waals surface area (Å²) < 4.78 is 0. The van der Waals surface area contributed by atoms with Crippen LogP contribution in [0.5, 0.6) is 0 Å². The average Bonchev–Trinajstić information content (AvgIpc) is 2.10. The Morgan fingerprint density at radius 1 is 1.22 bits per heavy atom. The minimum atomic E-state index is 1.04. The molecule has 0 bridgehead atoms. The van der Waals surface area contributed by atoms with Crippen LogP contribution in [-0.4, -0.2) is 0 Å². The van der Waals surface area contributed by atoms with Crippen molar-refractivity contribution in [2.45, 2.75) is 39.0 Å². The Balaban J connectivity index is 2.02. The van der Waals surface area contributed by atoms with Crippen molar-refractivity contribution in [1.29, 1.82) is 0 Å². The summed E-state index contributed by atoms with van der Waals surface area (Å²) in [6, 6.07) is 0. The van der Waals surface area contributed by atoms with Crippen molar-refractivity contribution in [2.75, 3.05) is 0 Å². The molecule has 0 radical (unpaired) electrons. The topological polar surface area (TPSA) is 0 Å². The van der Waals surface area contributed by atoms with Gasteiger partial charge in [0.2, 0.25) is 0 Å². The van der Waals surface area contributed by atoms with Crippen LogP contribution < -0.4 is 0 Å². The highest BCUT2D eigenvalue weighted by Gasteiger charge is 2.27. The van der Waals surface area contributed by atoms with Crippen LogP contribution in [0.15, 0.2) is 11.1 Å². The van der Waals surface area contributed by atoms with Gasteiger partial charge >= 0.3 is 0 Å². The molecular weight excluding hydrogens is 108 g/mol. The maximum atomic E-state index is 2.32. The first-order valence-electron chi connectivity index (χ1n) is 4.10. The van der Waals surface area contributed by atoms with Gasteiger partial charge < -0.3 is 0 Å². The van der Waals surface area contributed by atoms with E-state index in [-0.39, 0.29) is 0 Å². The summed E-state index contributed by atoms with van der Waals surface area (Å²) in [7, 11) is 0. The predicted octanol–water partition coefficient (Wildman–Crippen LogP) is 2.90. The second-order valence-electron chi connectivity index (χ2n) is 3.39. The fourth-order valence-electron chi connectivity index (χ4n) is 2.03. The van der Waals surface area contributed by atoms with Gasteiger partial charge in [0.1, 0.15) is 0 Å². The Hall–Kier alpha value is -0.260. The van der Waals surface area contributed by atoms with Gasteiger partial charge in [-0.25, -0.2) is 0 Å². The van der Waals surface area contributed by atoms with E-state index in [0.717, 1.165) is 5.92 Å². The summed E-state index contributed by atoms with van der Waals surface area (Å²) in [5.74, 6) is 1.04. The molecule has 0 fully saturated rings. The lowest BCUT2D eigenvalue weighted by atomic mass is 9.92. The molecule has 0 nitrogen and oxygen atoms in total. The third-order valence-corrected chi connectivity index (χ3v) is 2.88. The summed E-state index contributed by atoms with van der Waals surface area (Å²) in [4.78, 5) is 0. The van der Waals surface area contributed by atoms with Gasteiger partial charge in [0.05, 0.1) is 0 Å². The lowest BCUT2D eigenvalue weighted by Crippen LogP contribution is -1.95. The van der Waals surface area contributed by atoms with Crippen molar-refractivity contribution in [1.82, 2.24) is 0 Å². The smallest absolute Gasteiger partial charge is 0.0280 e. The number of hydrogen-bond donors (Lipinski definition) is 0. The minimum Gasteiger partial charge on any atom is -0.0704 e. The van der Waals surface area contributed by atoms with Gasteiger partial charge in [-0.2, -0.15) is 0 Å². The molecule has 0 heterocycles. The van der Waals surface area contributed by atoms with Crippen molar-refractivity contribution in [2.24, 2.45) is 5.92 Å². The van der Waals surface area contributed by atoms with E-state index in [0.29, 0.717) is 0 Å². The molecule has 9 heavy (non-hydrogen) atoms. The fraction of sp³-hybridized carbons (Fsp3) is 0.778. The Morgan fingerprint density at radius 3 is 2.11 bits per heavy atom. The summed E-state index contributed by atoms with van der Waals surface area (Å²) in [6.45, 7) is 2.32. The van der Waals surface area contributed by atoms with Crippen LogP contribution in [0.4, 0.5) is 0 Å². The lowest BCUT2D eigenvalue weighted by Gasteiger charge is -2.14. The Kier molecular flexibility index (Phi) is 1.14. The zero-order valence-corrected chi connectivity index (χ0v) is 6.11. The molecule has 0 N–H and O–H groups in total. The zero-order valence-electron chi connectivity index (χ0n) is 6.11. The van der Waals surface area contributed by atoms with E-state index in [4.69, 9.17) is 0 Å². The second kappa shape index (κ2) is 1.86. The molecule has 0 unspecified atom stereocenters. The van der Waals surface area contributed by atoms with Crippen LogP contribution in [-0.2, 0) is 0 Å². The van der Waals surface area contributed by atoms with Crippen LogP contribution in [0.2, 0.25) is 0 Å². The standard InChI is InChI=1S/C9H14/c1-2-7-5-8-3-4-9(8)6-7/h7H,2-6H2,1H3. The molecule has 0 atom stereocenters. The van der Waals surface area contributed by atoms with Gasteiger partial charge in [-0.15, -0.1) is 0 Å². The highest BCUT2D eigenvalue weighted by atomic mass is 14.3. The molecule has 0 aromatic heterocycles. The third kappa shape index (κ3) is 0.726. The number of rotatable bonds is 1. The average molecular weight is 122 g/mol. The monoisotopic (exact) mass is 122 g/mol. The first-order chi connectivity index (χ1) is 4.40. The molecule has 0 amide bonds. The molecule has 0 heteroatoms. The van der Waals surface area contributed by atoms with Crippen molar-refractivity contribution in [3.8, 4) is 0 Å². The summed E-state index contributed by atoms with van der Waals surface area (Å²) >= 11 is 0. The Morgan fingerprint density at radius 2 is 1.78 bits per heavy atom. The van der Waals surface area contributed by atoms with Crippen molar-refractivity contribution < 1.29 is 0 Å². The van der Waals surface area contributed by atoms with Gasteiger partial charge in [-0.1, -0.05) is 24.5 Å². The Bertz CT molecular complexity index is 137. The first-order valence-corrected chi connectivity index (χ1v) is 4.10. The highest BCUT2D eigenvalue weighted by Crippen LogP contribution is 2.44. The molecule has 2 rings (SSSR count). The van der Waals surface area contributed by atoms with E-state index >= 15 is 0 Å². The van der Waals surface area contributed by atoms with Gasteiger partial charge in [0, 0.05) is 0 Å². The second-order valence-corrected chi connectivity index (χ2v) is 3.39. The van der Waals surface area contributed by atoms with Gasteiger partial charge in [0.25, 0.3) is 0 Å². The molecule has 0 aliphatic heterocycles. The first kappa shape index (κ1) is 5.52. The van der Waals surface area contributed by atoms with Crippen molar-refractivity contribution >= 4 is 0 Å². The number of hydrogen-bond acceptors (Lipinski definition) is 0. The lowest BCUT2D eigenvalue weighted by molar-refractivity contribution is 0.542. The van der Waals surface area contributed by atoms with E-state index in [1.54, 1.807) is 0 Å². The summed E-state index contributed by atoms with van der Waals surface area (Å²) in [6.07, 6.45) is 7.17. The molecule has 50 valence electrons. The van der Waals surface area contributed by atoms with Gasteiger partial charge in [-0.05, 0) is 31.6 Å². The largest absolute Gasteiger partial charge is 0.0704 e. The molecule has 0 aromatic carbocycles. The molecule has 0 saturated carbocycles. The van der Waals surface area contributed by atoms with E-state index in [1.165, 1.54) is 32.1 Å². The molecule has 0 saturated heterocycles. The fourth-order valence-corrected chi connectivity index (χ4v) is 2.03. The maximum Gasteiger partial charge on any atom is -0.0280 e. The van der Waals surface area contributed by atoms with E-state index in [9.17, 15) is 0 Å². The third-order valence-electron chi connectivity index (χ3n) is 2.88. The normalized spacial score (nSPS) is 26.3. The molecule has 2 aliphatic rings. The molecule has 2 aliphatic carbocycles. The van der Waals surface area contributed by atoms with Crippen molar-refractivity contribution in [3.05, 3.63) is 11.1 Å². The summed E-state index contributed by atoms with van der Waals surface area (Å²) in [5.41, 5.74) is 3.64. The molecule has 0 spiro atoms. The number of allylic oxidation sites excluding steroid dienone is 2. The van der Waals surface area contributed by atoms with Crippen LogP contribution in [0, 0.1) is 5.92 Å². The van der Waals surface area contributed by atoms with Gasteiger partial charge in [0.15, 0.2) is 0 Å². The molecular formula is C9H14.